The van der Waals surface area contributed by atoms with Crippen LogP contribution in [0.25, 0.3) is 0 Å². The van der Waals surface area contributed by atoms with Crippen LogP contribution < -0.4 is 5.32 Å². The van der Waals surface area contributed by atoms with Gasteiger partial charge in [0.05, 0.1) is 18.8 Å². The molecule has 4 aliphatic carbocycles. The maximum Gasteiger partial charge on any atom is 0.171 e. The van der Waals surface area contributed by atoms with Crippen molar-refractivity contribution in [3.05, 3.63) is 41.0 Å². The second-order valence-corrected chi connectivity index (χ2v) is 11.8. The molecular formula is C30H39NO4. The van der Waals surface area contributed by atoms with Gasteiger partial charge in [0, 0.05) is 36.9 Å². The maximum absolute atomic E-state index is 12.1. The molecule has 5 nitrogen and oxygen atoms in total. The molecule has 1 heterocycles. The number of fused-ring (bicyclic) bond motifs is 4. The highest BCUT2D eigenvalue weighted by Gasteiger charge is 2.64. The van der Waals surface area contributed by atoms with Crippen LogP contribution in [0, 0.1) is 29.1 Å². The van der Waals surface area contributed by atoms with Gasteiger partial charge in [0.2, 0.25) is 0 Å². The molecule has 0 amide bonds. The molecule has 3 saturated carbocycles. The van der Waals surface area contributed by atoms with E-state index in [-0.39, 0.29) is 11.3 Å². The van der Waals surface area contributed by atoms with Crippen molar-refractivity contribution in [1.82, 2.24) is 0 Å². The molecular weight excluding hydrogens is 438 g/mol. The molecule has 1 aliphatic heterocycles. The zero-order chi connectivity index (χ0) is 24.5. The van der Waals surface area contributed by atoms with Gasteiger partial charge in [0.1, 0.15) is 5.60 Å². The van der Waals surface area contributed by atoms with E-state index in [1.165, 1.54) is 16.7 Å². The van der Waals surface area contributed by atoms with E-state index in [0.717, 1.165) is 50.6 Å². The van der Waals surface area contributed by atoms with Gasteiger partial charge in [-0.1, -0.05) is 30.6 Å². The summed E-state index contributed by atoms with van der Waals surface area (Å²) in [6, 6.07) is 8.74. The lowest BCUT2D eigenvalue weighted by molar-refractivity contribution is -0.208. The Labute approximate surface area is 209 Å². The van der Waals surface area contributed by atoms with Crippen LogP contribution in [0.5, 0.6) is 0 Å². The average molecular weight is 478 g/mol. The molecule has 5 heteroatoms. The van der Waals surface area contributed by atoms with Crippen molar-refractivity contribution in [3.63, 3.8) is 0 Å². The van der Waals surface area contributed by atoms with Crippen molar-refractivity contribution in [2.24, 2.45) is 17.3 Å². The Balaban J connectivity index is 1.48. The number of anilines is 1. The lowest BCUT2D eigenvalue weighted by atomic mass is 9.49. The smallest absolute Gasteiger partial charge is 0.171 e. The second-order valence-electron chi connectivity index (χ2n) is 11.8. The van der Waals surface area contributed by atoms with Gasteiger partial charge in [-0.05, 0) is 80.6 Å². The van der Waals surface area contributed by atoms with E-state index in [4.69, 9.17) is 9.47 Å². The summed E-state index contributed by atoms with van der Waals surface area (Å²) in [5, 5.41) is 27.1. The van der Waals surface area contributed by atoms with Crippen LogP contribution in [-0.4, -0.2) is 47.5 Å². The third-order valence-electron chi connectivity index (χ3n) is 10.3. The Hall–Kier alpha value is -1.84. The normalized spacial score (nSPS) is 41.6. The minimum absolute atomic E-state index is 0.164. The van der Waals surface area contributed by atoms with Crippen molar-refractivity contribution < 1.29 is 19.7 Å². The first-order chi connectivity index (χ1) is 16.8. The molecule has 0 aromatic heterocycles. The van der Waals surface area contributed by atoms with Crippen molar-refractivity contribution >= 4 is 5.69 Å². The van der Waals surface area contributed by atoms with Crippen LogP contribution >= 0.6 is 0 Å². The Morgan fingerprint density at radius 3 is 2.46 bits per heavy atom. The quantitative estimate of drug-likeness (QED) is 0.424. The molecule has 3 N–H and O–H groups in total. The highest BCUT2D eigenvalue weighted by Crippen LogP contribution is 2.67. The molecule has 6 rings (SSSR count). The van der Waals surface area contributed by atoms with Gasteiger partial charge in [-0.2, -0.15) is 0 Å². The monoisotopic (exact) mass is 477 g/mol. The van der Waals surface area contributed by atoms with Gasteiger partial charge < -0.3 is 25.0 Å². The number of benzene rings is 1. The van der Waals surface area contributed by atoms with Crippen LogP contribution in [0.1, 0.15) is 76.7 Å². The van der Waals surface area contributed by atoms with E-state index in [0.29, 0.717) is 31.5 Å². The SMILES string of the molecule is CC#C[C@]1(O)CC[C@H]2[C@@H]3CC[C@@]4(O)CC5(CCC4=C3[C@@H](c3ccc(NC)cc3)C[C@@]21C)OCCO5. The summed E-state index contributed by atoms with van der Waals surface area (Å²) in [6.07, 6.45) is 6.40. The van der Waals surface area contributed by atoms with E-state index in [1.54, 1.807) is 0 Å². The van der Waals surface area contributed by atoms with E-state index in [2.05, 4.69) is 48.3 Å². The molecule has 6 atom stereocenters. The number of hydrogen-bond donors (Lipinski definition) is 3. The molecule has 1 aromatic carbocycles. The van der Waals surface area contributed by atoms with Gasteiger partial charge in [-0.3, -0.25) is 0 Å². The zero-order valence-electron chi connectivity index (χ0n) is 21.3. The fraction of sp³-hybridized carbons (Fsp3) is 0.667. The van der Waals surface area contributed by atoms with Crippen LogP contribution in [0.15, 0.2) is 35.4 Å². The summed E-state index contributed by atoms with van der Waals surface area (Å²) < 4.78 is 12.1. The Morgan fingerprint density at radius 1 is 1.03 bits per heavy atom. The summed E-state index contributed by atoms with van der Waals surface area (Å²) in [5.74, 6) is 6.57. The number of nitrogens with one attached hydrogen (secondary N) is 1. The summed E-state index contributed by atoms with van der Waals surface area (Å²) in [5.41, 5.74) is 2.94. The van der Waals surface area contributed by atoms with Gasteiger partial charge >= 0.3 is 0 Å². The molecule has 0 bridgehead atoms. The summed E-state index contributed by atoms with van der Waals surface area (Å²) >= 11 is 0. The molecule has 0 unspecified atom stereocenters. The molecule has 4 fully saturated rings. The number of rotatable bonds is 2. The summed E-state index contributed by atoms with van der Waals surface area (Å²) in [6.45, 7) is 5.35. The van der Waals surface area contributed by atoms with Crippen LogP contribution in [0.3, 0.4) is 0 Å². The van der Waals surface area contributed by atoms with Crippen LogP contribution in [0.2, 0.25) is 0 Å². The second kappa shape index (κ2) is 8.08. The van der Waals surface area contributed by atoms with Crippen molar-refractivity contribution in [2.75, 3.05) is 25.6 Å². The highest BCUT2D eigenvalue weighted by molar-refractivity contribution is 5.49. The Morgan fingerprint density at radius 2 is 1.77 bits per heavy atom. The van der Waals surface area contributed by atoms with Crippen molar-refractivity contribution in [3.8, 4) is 11.8 Å². The molecule has 188 valence electrons. The summed E-state index contributed by atoms with van der Waals surface area (Å²) in [7, 11) is 1.94. The predicted octanol–water partition coefficient (Wildman–Crippen LogP) is 4.75. The molecule has 5 aliphatic rings. The molecule has 1 spiro atoms. The fourth-order valence-corrected chi connectivity index (χ4v) is 8.61. The molecule has 1 saturated heterocycles. The Bertz CT molecular complexity index is 1090. The fourth-order valence-electron chi connectivity index (χ4n) is 8.61. The summed E-state index contributed by atoms with van der Waals surface area (Å²) in [4.78, 5) is 0. The first-order valence-corrected chi connectivity index (χ1v) is 13.4. The lowest BCUT2D eigenvalue weighted by Crippen LogP contribution is -2.55. The third kappa shape index (κ3) is 3.37. The number of aliphatic hydroxyl groups is 2. The van der Waals surface area contributed by atoms with Crippen LogP contribution in [0.4, 0.5) is 5.69 Å². The third-order valence-corrected chi connectivity index (χ3v) is 10.3. The van der Waals surface area contributed by atoms with Gasteiger partial charge in [0.25, 0.3) is 0 Å². The van der Waals surface area contributed by atoms with Crippen LogP contribution in [-0.2, 0) is 9.47 Å². The number of hydrogen-bond acceptors (Lipinski definition) is 5. The topological polar surface area (TPSA) is 71.0 Å². The first kappa shape index (κ1) is 23.6. The van der Waals surface area contributed by atoms with Gasteiger partial charge in [-0.25, -0.2) is 0 Å². The van der Waals surface area contributed by atoms with E-state index < -0.39 is 17.0 Å². The Kier molecular flexibility index (Phi) is 5.44. The maximum atomic E-state index is 12.1. The average Bonchev–Trinajstić information content (AvgIpc) is 3.40. The largest absolute Gasteiger partial charge is 0.388 e. The molecule has 0 radical (unpaired) electrons. The number of ether oxygens (including phenoxy) is 2. The lowest BCUT2D eigenvalue weighted by Gasteiger charge is -2.57. The number of allylic oxidation sites excluding steroid dienone is 1. The molecule has 1 aromatic rings. The predicted molar refractivity (Wildman–Crippen MR) is 136 cm³/mol. The van der Waals surface area contributed by atoms with E-state index in [1.807, 2.05) is 14.0 Å². The molecule has 35 heavy (non-hydrogen) atoms. The first-order valence-electron chi connectivity index (χ1n) is 13.4. The van der Waals surface area contributed by atoms with E-state index >= 15 is 0 Å². The van der Waals surface area contributed by atoms with Gasteiger partial charge in [-0.15, -0.1) is 5.92 Å². The zero-order valence-corrected chi connectivity index (χ0v) is 21.3. The van der Waals surface area contributed by atoms with E-state index in [9.17, 15) is 10.2 Å². The minimum atomic E-state index is -0.957. The van der Waals surface area contributed by atoms with Crippen molar-refractivity contribution in [1.29, 1.82) is 0 Å². The van der Waals surface area contributed by atoms with Gasteiger partial charge in [0.15, 0.2) is 5.79 Å². The minimum Gasteiger partial charge on any atom is -0.388 e. The standard InChI is InChI=1S/C30H39NO4/c1-4-12-29(33)14-10-24-22-9-13-28(32)19-30(34-16-17-35-30)15-11-25(28)26(22)23(18-27(24,29)2)20-5-7-21(31-3)8-6-20/h5-8,22-24,31-33H,9-11,13-19H2,1-3H3/t22-,23+,24-,27-,28+,29-/m0/s1. The highest BCUT2D eigenvalue weighted by atomic mass is 16.7. The van der Waals surface area contributed by atoms with Crippen molar-refractivity contribution in [2.45, 2.75) is 88.1 Å².